The van der Waals surface area contributed by atoms with Crippen LogP contribution in [0.15, 0.2) is 30.3 Å². The van der Waals surface area contributed by atoms with Gasteiger partial charge in [0.1, 0.15) is 5.54 Å². The molecule has 0 unspecified atom stereocenters. The van der Waals surface area contributed by atoms with Crippen molar-refractivity contribution >= 4 is 5.91 Å². The third-order valence-corrected chi connectivity index (χ3v) is 6.05. The molecule has 25 heavy (non-hydrogen) atoms. The molecule has 3 fully saturated rings. The monoisotopic (exact) mass is 338 g/mol. The molecule has 0 spiro atoms. The zero-order valence-electron chi connectivity index (χ0n) is 14.7. The van der Waals surface area contributed by atoms with Crippen LogP contribution in [0.5, 0.6) is 0 Å². The van der Waals surface area contributed by atoms with Crippen molar-refractivity contribution in [1.82, 2.24) is 15.1 Å². The van der Waals surface area contributed by atoms with Crippen molar-refractivity contribution in [2.45, 2.75) is 31.3 Å². The number of amides is 1. The maximum atomic E-state index is 12.3. The average molecular weight is 338 g/mol. The smallest absolute Gasteiger partial charge is 0.235 e. The lowest BCUT2D eigenvalue weighted by Gasteiger charge is -2.36. The summed E-state index contributed by atoms with van der Waals surface area (Å²) < 4.78 is 0. The van der Waals surface area contributed by atoms with Gasteiger partial charge in [-0.3, -0.25) is 14.6 Å². The summed E-state index contributed by atoms with van der Waals surface area (Å²) in [4.78, 5) is 17.1. The van der Waals surface area contributed by atoms with Crippen LogP contribution in [0.1, 0.15) is 24.8 Å². The van der Waals surface area contributed by atoms with Gasteiger partial charge in [0.25, 0.3) is 0 Å². The van der Waals surface area contributed by atoms with Gasteiger partial charge in [-0.05, 0) is 36.7 Å². The Morgan fingerprint density at radius 2 is 1.76 bits per heavy atom. The molecule has 2 heterocycles. The lowest BCUT2D eigenvalue weighted by molar-refractivity contribution is -0.124. The predicted octanol–water partition coefficient (Wildman–Crippen LogP) is 1.61. The first-order valence-electron chi connectivity index (χ1n) is 9.37. The minimum absolute atomic E-state index is 0.0161. The SMILES string of the molecule is N#CC1(NC(=O)CN2C[C@@H]3CN(Cc4ccccc4)C[C@@H]3C2)CCC1. The summed E-state index contributed by atoms with van der Waals surface area (Å²) in [7, 11) is 0. The normalized spacial score (nSPS) is 28.1. The molecule has 2 saturated heterocycles. The molecule has 2 aliphatic heterocycles. The van der Waals surface area contributed by atoms with Crippen molar-refractivity contribution in [3.05, 3.63) is 35.9 Å². The zero-order valence-corrected chi connectivity index (χ0v) is 14.7. The van der Waals surface area contributed by atoms with E-state index in [-0.39, 0.29) is 5.91 Å². The summed E-state index contributed by atoms with van der Waals surface area (Å²) >= 11 is 0. The van der Waals surface area contributed by atoms with Gasteiger partial charge < -0.3 is 5.32 Å². The van der Waals surface area contributed by atoms with E-state index in [1.807, 2.05) is 0 Å². The van der Waals surface area contributed by atoms with Gasteiger partial charge in [-0.25, -0.2) is 0 Å². The van der Waals surface area contributed by atoms with E-state index >= 15 is 0 Å². The van der Waals surface area contributed by atoms with Gasteiger partial charge in [0.05, 0.1) is 12.6 Å². The number of nitrogens with zero attached hydrogens (tertiary/aromatic N) is 3. The largest absolute Gasteiger partial charge is 0.337 e. The molecule has 1 aromatic carbocycles. The van der Waals surface area contributed by atoms with Crippen molar-refractivity contribution < 1.29 is 4.79 Å². The molecule has 0 radical (unpaired) electrons. The van der Waals surface area contributed by atoms with Crippen molar-refractivity contribution in [1.29, 1.82) is 5.26 Å². The molecule has 1 saturated carbocycles. The van der Waals surface area contributed by atoms with Crippen LogP contribution >= 0.6 is 0 Å². The first-order chi connectivity index (χ1) is 12.2. The number of rotatable bonds is 5. The fraction of sp³-hybridized carbons (Fsp3) is 0.600. The quantitative estimate of drug-likeness (QED) is 0.886. The van der Waals surface area contributed by atoms with E-state index < -0.39 is 5.54 Å². The lowest BCUT2D eigenvalue weighted by Crippen LogP contribution is -2.54. The van der Waals surface area contributed by atoms with E-state index in [1.54, 1.807) is 0 Å². The number of nitrogens with one attached hydrogen (secondary N) is 1. The number of carbonyl (C=O) groups excluding carboxylic acids is 1. The summed E-state index contributed by atoms with van der Waals surface area (Å²) in [5.41, 5.74) is 0.806. The van der Waals surface area contributed by atoms with Crippen LogP contribution in [-0.4, -0.2) is 54.0 Å². The van der Waals surface area contributed by atoms with Crippen molar-refractivity contribution in [2.75, 3.05) is 32.7 Å². The molecule has 1 amide bonds. The molecular formula is C20H26N4O. The molecule has 5 nitrogen and oxygen atoms in total. The second-order valence-corrected chi connectivity index (χ2v) is 7.99. The first-order valence-corrected chi connectivity index (χ1v) is 9.37. The van der Waals surface area contributed by atoms with Crippen LogP contribution < -0.4 is 5.32 Å². The van der Waals surface area contributed by atoms with E-state index in [4.69, 9.17) is 0 Å². The van der Waals surface area contributed by atoms with E-state index in [9.17, 15) is 10.1 Å². The molecule has 1 aromatic rings. The molecular weight excluding hydrogens is 312 g/mol. The van der Waals surface area contributed by atoms with Gasteiger partial charge in [0.15, 0.2) is 0 Å². The average Bonchev–Trinajstić information content (AvgIpc) is 3.09. The maximum Gasteiger partial charge on any atom is 0.235 e. The van der Waals surface area contributed by atoms with E-state index in [0.717, 1.165) is 52.0 Å². The Labute approximate surface area is 149 Å². The summed E-state index contributed by atoms with van der Waals surface area (Å²) in [5, 5.41) is 12.2. The van der Waals surface area contributed by atoms with Crippen molar-refractivity contribution in [2.24, 2.45) is 11.8 Å². The predicted molar refractivity (Wildman–Crippen MR) is 95.5 cm³/mol. The fourth-order valence-electron chi connectivity index (χ4n) is 4.59. The van der Waals surface area contributed by atoms with Crippen molar-refractivity contribution in [3.63, 3.8) is 0 Å². The van der Waals surface area contributed by atoms with Gasteiger partial charge >= 0.3 is 0 Å². The number of hydrogen-bond donors (Lipinski definition) is 1. The van der Waals surface area contributed by atoms with Gasteiger partial charge in [-0.15, -0.1) is 0 Å². The highest BCUT2D eigenvalue weighted by atomic mass is 16.2. The van der Waals surface area contributed by atoms with Gasteiger partial charge in [0, 0.05) is 32.7 Å². The lowest BCUT2D eigenvalue weighted by atomic mass is 9.78. The molecule has 3 aliphatic rings. The third kappa shape index (κ3) is 3.56. The molecule has 0 bridgehead atoms. The highest BCUT2D eigenvalue weighted by Crippen LogP contribution is 2.33. The summed E-state index contributed by atoms with van der Waals surface area (Å²) in [6.45, 7) is 5.72. The number of nitriles is 1. The maximum absolute atomic E-state index is 12.3. The van der Waals surface area contributed by atoms with Crippen LogP contribution in [0.2, 0.25) is 0 Å². The second-order valence-electron chi connectivity index (χ2n) is 7.99. The minimum Gasteiger partial charge on any atom is -0.337 e. The minimum atomic E-state index is -0.570. The Morgan fingerprint density at radius 1 is 1.12 bits per heavy atom. The number of fused-ring (bicyclic) bond motifs is 1. The van der Waals surface area contributed by atoms with Gasteiger partial charge in [-0.2, -0.15) is 5.26 Å². The van der Waals surface area contributed by atoms with Crippen molar-refractivity contribution in [3.8, 4) is 6.07 Å². The number of carbonyl (C=O) groups is 1. The molecule has 4 rings (SSSR count). The Morgan fingerprint density at radius 3 is 2.32 bits per heavy atom. The highest BCUT2D eigenvalue weighted by Gasteiger charge is 2.42. The second kappa shape index (κ2) is 6.78. The van der Waals surface area contributed by atoms with Gasteiger partial charge in [-0.1, -0.05) is 30.3 Å². The highest BCUT2D eigenvalue weighted by molar-refractivity contribution is 5.79. The molecule has 5 heteroatoms. The standard InChI is InChI=1S/C20H26N4O/c21-15-20(7-4-8-20)22-19(25)14-24-12-17-10-23(11-18(17)13-24)9-16-5-2-1-3-6-16/h1-3,5-6,17-18H,4,7-14H2,(H,22,25)/t17-,18+. The van der Waals surface area contributed by atoms with E-state index in [2.05, 4.69) is 51.5 Å². The van der Waals surface area contributed by atoms with Crippen LogP contribution in [0.4, 0.5) is 0 Å². The Kier molecular flexibility index (Phi) is 4.49. The summed E-state index contributed by atoms with van der Waals surface area (Å²) in [6.07, 6.45) is 2.64. The molecule has 2 atom stereocenters. The fourth-order valence-corrected chi connectivity index (χ4v) is 4.59. The molecule has 1 aliphatic carbocycles. The Hall–Kier alpha value is -1.90. The summed E-state index contributed by atoms with van der Waals surface area (Å²) in [5.74, 6) is 1.36. The Bertz CT molecular complexity index is 650. The zero-order chi connectivity index (χ0) is 17.3. The molecule has 1 N–H and O–H groups in total. The topological polar surface area (TPSA) is 59.4 Å². The first kappa shape index (κ1) is 16.6. The van der Waals surface area contributed by atoms with E-state index in [0.29, 0.717) is 18.4 Å². The summed E-state index contributed by atoms with van der Waals surface area (Å²) in [6, 6.07) is 12.9. The van der Waals surface area contributed by atoms with Crippen LogP contribution in [-0.2, 0) is 11.3 Å². The van der Waals surface area contributed by atoms with Crippen LogP contribution in [0, 0.1) is 23.2 Å². The van der Waals surface area contributed by atoms with Crippen LogP contribution in [0.3, 0.4) is 0 Å². The van der Waals surface area contributed by atoms with E-state index in [1.165, 1.54) is 5.56 Å². The number of likely N-dealkylation sites (tertiary alicyclic amines) is 2. The number of benzene rings is 1. The molecule has 0 aromatic heterocycles. The molecule has 132 valence electrons. The van der Waals surface area contributed by atoms with Gasteiger partial charge in [0.2, 0.25) is 5.91 Å². The third-order valence-electron chi connectivity index (χ3n) is 6.05. The Balaban J connectivity index is 1.24. The van der Waals surface area contributed by atoms with Crippen LogP contribution in [0.25, 0.3) is 0 Å². The number of hydrogen-bond acceptors (Lipinski definition) is 4.